The molecular weight excluding hydrogens is 320 g/mol. The van der Waals surface area contributed by atoms with Crippen LogP contribution in [0.3, 0.4) is 0 Å². The number of rotatable bonds is 4. The first-order chi connectivity index (χ1) is 9.58. The van der Waals surface area contributed by atoms with E-state index in [1.54, 1.807) is 37.4 Å². The fourth-order valence-electron chi connectivity index (χ4n) is 1.84. The van der Waals surface area contributed by atoms with E-state index in [0.29, 0.717) is 11.4 Å². The van der Waals surface area contributed by atoms with Crippen LogP contribution in [0.2, 0.25) is 0 Å². The lowest BCUT2D eigenvalue weighted by Gasteiger charge is -2.08. The summed E-state index contributed by atoms with van der Waals surface area (Å²) >= 11 is 3.38. The highest BCUT2D eigenvalue weighted by Crippen LogP contribution is 2.27. The summed E-state index contributed by atoms with van der Waals surface area (Å²) in [5.74, 6) is 0.631. The number of halogens is 1. The van der Waals surface area contributed by atoms with Crippen molar-refractivity contribution in [2.45, 2.75) is 6.42 Å². The number of nitrogen functional groups attached to an aromatic ring is 1. The molecule has 0 atom stereocenters. The Kier molecular flexibility index (Phi) is 4.63. The Morgan fingerprint density at radius 3 is 2.75 bits per heavy atom. The molecule has 0 radical (unpaired) electrons. The van der Waals surface area contributed by atoms with Crippen molar-refractivity contribution in [1.29, 1.82) is 0 Å². The fraction of sp³-hybridized carbons (Fsp3) is 0.133. The number of amides is 1. The second-order valence-corrected chi connectivity index (χ2v) is 5.17. The second-order valence-electron chi connectivity index (χ2n) is 4.32. The molecule has 1 amide bonds. The van der Waals surface area contributed by atoms with Gasteiger partial charge in [-0.1, -0.05) is 12.1 Å². The van der Waals surface area contributed by atoms with Crippen molar-refractivity contribution in [1.82, 2.24) is 0 Å². The summed E-state index contributed by atoms with van der Waals surface area (Å²) in [6.45, 7) is 0. The number of anilines is 2. The normalized spacial score (nSPS) is 10.1. The van der Waals surface area contributed by atoms with Gasteiger partial charge in [-0.05, 0) is 51.8 Å². The average molecular weight is 335 g/mol. The highest BCUT2D eigenvalue weighted by atomic mass is 79.9. The van der Waals surface area contributed by atoms with Crippen LogP contribution in [0, 0.1) is 0 Å². The van der Waals surface area contributed by atoms with E-state index in [1.165, 1.54) is 0 Å². The van der Waals surface area contributed by atoms with E-state index in [-0.39, 0.29) is 12.3 Å². The third-order valence-electron chi connectivity index (χ3n) is 2.75. The van der Waals surface area contributed by atoms with Crippen LogP contribution >= 0.6 is 15.9 Å². The predicted molar refractivity (Wildman–Crippen MR) is 83.9 cm³/mol. The lowest BCUT2D eigenvalue weighted by atomic mass is 10.1. The van der Waals surface area contributed by atoms with Crippen molar-refractivity contribution in [2.24, 2.45) is 0 Å². The van der Waals surface area contributed by atoms with Crippen LogP contribution in [-0.2, 0) is 11.2 Å². The minimum atomic E-state index is -0.0901. The molecular formula is C15H15BrN2O2. The molecule has 0 aliphatic heterocycles. The van der Waals surface area contributed by atoms with Gasteiger partial charge in [-0.25, -0.2) is 0 Å². The van der Waals surface area contributed by atoms with E-state index in [9.17, 15) is 4.79 Å². The quantitative estimate of drug-likeness (QED) is 0.843. The van der Waals surface area contributed by atoms with Gasteiger partial charge in [0, 0.05) is 11.4 Å². The summed E-state index contributed by atoms with van der Waals surface area (Å²) in [6, 6.07) is 12.7. The Morgan fingerprint density at radius 1 is 1.30 bits per heavy atom. The maximum atomic E-state index is 12.0. The highest BCUT2D eigenvalue weighted by molar-refractivity contribution is 9.10. The summed E-state index contributed by atoms with van der Waals surface area (Å²) in [4.78, 5) is 12.0. The zero-order chi connectivity index (χ0) is 14.5. The first-order valence-corrected chi connectivity index (χ1v) is 6.85. The third kappa shape index (κ3) is 3.74. The molecule has 0 saturated carbocycles. The van der Waals surface area contributed by atoms with Gasteiger partial charge in [0.05, 0.1) is 18.0 Å². The zero-order valence-corrected chi connectivity index (χ0v) is 12.6. The minimum Gasteiger partial charge on any atom is -0.496 e. The molecule has 0 aromatic heterocycles. The second kappa shape index (κ2) is 6.43. The first kappa shape index (κ1) is 14.4. The minimum absolute atomic E-state index is 0.0901. The number of carbonyl (C=O) groups excluding carboxylic acids is 1. The van der Waals surface area contributed by atoms with Gasteiger partial charge in [-0.2, -0.15) is 0 Å². The van der Waals surface area contributed by atoms with Crippen LogP contribution in [0.1, 0.15) is 5.56 Å². The fourth-order valence-corrected chi connectivity index (χ4v) is 2.38. The number of benzene rings is 2. The molecule has 0 aliphatic rings. The topological polar surface area (TPSA) is 64.3 Å². The smallest absolute Gasteiger partial charge is 0.228 e. The zero-order valence-electron chi connectivity index (χ0n) is 11.0. The third-order valence-corrected chi connectivity index (χ3v) is 3.37. The van der Waals surface area contributed by atoms with Crippen LogP contribution in [-0.4, -0.2) is 13.0 Å². The van der Waals surface area contributed by atoms with Crippen molar-refractivity contribution in [3.63, 3.8) is 0 Å². The van der Waals surface area contributed by atoms with Crippen LogP contribution in [0.15, 0.2) is 46.9 Å². The first-order valence-electron chi connectivity index (χ1n) is 6.06. The average Bonchev–Trinajstić information content (AvgIpc) is 2.38. The van der Waals surface area contributed by atoms with Crippen molar-refractivity contribution in [2.75, 3.05) is 18.2 Å². The SMILES string of the molecule is COc1ccc(NC(=O)Cc2cccc(N)c2)cc1Br. The van der Waals surface area contributed by atoms with E-state index in [1.807, 2.05) is 12.1 Å². The highest BCUT2D eigenvalue weighted by Gasteiger charge is 2.06. The van der Waals surface area contributed by atoms with E-state index < -0.39 is 0 Å². The lowest BCUT2D eigenvalue weighted by Crippen LogP contribution is -2.14. The molecule has 0 saturated heterocycles. The van der Waals surface area contributed by atoms with E-state index >= 15 is 0 Å². The molecule has 0 heterocycles. The van der Waals surface area contributed by atoms with Gasteiger partial charge in [-0.3, -0.25) is 4.79 Å². The molecule has 0 bridgehead atoms. The van der Waals surface area contributed by atoms with Gasteiger partial charge < -0.3 is 15.8 Å². The predicted octanol–water partition coefficient (Wildman–Crippen LogP) is 3.22. The van der Waals surface area contributed by atoms with Crippen molar-refractivity contribution < 1.29 is 9.53 Å². The lowest BCUT2D eigenvalue weighted by molar-refractivity contribution is -0.115. The molecule has 0 spiro atoms. The molecule has 2 rings (SSSR count). The maximum Gasteiger partial charge on any atom is 0.228 e. The molecule has 104 valence electrons. The molecule has 0 unspecified atom stereocenters. The van der Waals surface area contributed by atoms with Crippen molar-refractivity contribution in [3.05, 3.63) is 52.5 Å². The van der Waals surface area contributed by atoms with Crippen LogP contribution in [0.25, 0.3) is 0 Å². The Labute approximate surface area is 126 Å². The number of hydrogen-bond acceptors (Lipinski definition) is 3. The standard InChI is InChI=1S/C15H15BrN2O2/c1-20-14-6-5-12(9-13(14)16)18-15(19)8-10-3-2-4-11(17)7-10/h2-7,9H,8,17H2,1H3,(H,18,19). The Balaban J connectivity index is 2.03. The molecule has 3 N–H and O–H groups in total. The number of hydrogen-bond donors (Lipinski definition) is 2. The van der Waals surface area contributed by atoms with Crippen molar-refractivity contribution in [3.8, 4) is 5.75 Å². The van der Waals surface area contributed by atoms with Gasteiger partial charge in [-0.15, -0.1) is 0 Å². The Bertz CT molecular complexity index is 629. The molecule has 20 heavy (non-hydrogen) atoms. The van der Waals surface area contributed by atoms with Gasteiger partial charge in [0.15, 0.2) is 0 Å². The molecule has 0 fully saturated rings. The van der Waals surface area contributed by atoms with Gasteiger partial charge >= 0.3 is 0 Å². The van der Waals surface area contributed by atoms with Crippen LogP contribution in [0.5, 0.6) is 5.75 Å². The summed E-state index contributed by atoms with van der Waals surface area (Å²) in [5.41, 5.74) is 7.94. The number of nitrogens with one attached hydrogen (secondary N) is 1. The monoisotopic (exact) mass is 334 g/mol. The number of ether oxygens (including phenoxy) is 1. The largest absolute Gasteiger partial charge is 0.496 e. The number of carbonyl (C=O) groups is 1. The molecule has 4 nitrogen and oxygen atoms in total. The maximum absolute atomic E-state index is 12.0. The summed E-state index contributed by atoms with van der Waals surface area (Å²) in [5, 5.41) is 2.84. The number of nitrogens with two attached hydrogens (primary N) is 1. The van der Waals surface area contributed by atoms with E-state index in [4.69, 9.17) is 10.5 Å². The van der Waals surface area contributed by atoms with E-state index in [0.717, 1.165) is 15.8 Å². The summed E-state index contributed by atoms with van der Waals surface area (Å²) in [7, 11) is 1.60. The Hall–Kier alpha value is -2.01. The molecule has 2 aromatic rings. The summed E-state index contributed by atoms with van der Waals surface area (Å²) < 4.78 is 5.93. The van der Waals surface area contributed by atoms with Gasteiger partial charge in [0.1, 0.15) is 5.75 Å². The molecule has 2 aromatic carbocycles. The van der Waals surface area contributed by atoms with Crippen LogP contribution < -0.4 is 15.8 Å². The van der Waals surface area contributed by atoms with Gasteiger partial charge in [0.25, 0.3) is 0 Å². The van der Waals surface area contributed by atoms with E-state index in [2.05, 4.69) is 21.2 Å². The summed E-state index contributed by atoms with van der Waals surface area (Å²) in [6.07, 6.45) is 0.286. The number of methoxy groups -OCH3 is 1. The van der Waals surface area contributed by atoms with Crippen molar-refractivity contribution >= 4 is 33.2 Å². The molecule has 5 heteroatoms. The van der Waals surface area contributed by atoms with Gasteiger partial charge in [0.2, 0.25) is 5.91 Å². The van der Waals surface area contributed by atoms with Crippen LogP contribution in [0.4, 0.5) is 11.4 Å². The molecule has 0 aliphatic carbocycles. The Morgan fingerprint density at radius 2 is 2.10 bits per heavy atom.